The molecular weight excluding hydrogens is 208 g/mol. The molecule has 1 amide bonds. The number of carbonyl (C=O) groups is 1. The summed E-state index contributed by atoms with van der Waals surface area (Å²) in [6, 6.07) is 7.02. The maximum Gasteiger partial charge on any atom is 0.243 e. The quantitative estimate of drug-likeness (QED) is 0.568. The third kappa shape index (κ3) is 5.33. The van der Waals surface area contributed by atoms with Crippen molar-refractivity contribution >= 4 is 5.91 Å². The van der Waals surface area contributed by atoms with Gasteiger partial charge >= 0.3 is 0 Å². The molecule has 1 aromatic carbocycles. The number of carbonyl (C=O) groups excluding carboxylic acids is 1. The minimum Gasteiger partial charge on any atom is -0.508 e. The number of ether oxygens (including phenoxy) is 1. The molecule has 1 rings (SSSR count). The zero-order valence-electron chi connectivity index (χ0n) is 8.98. The lowest BCUT2D eigenvalue weighted by molar-refractivity contribution is -0.122. The zero-order chi connectivity index (χ0) is 11.8. The van der Waals surface area contributed by atoms with E-state index in [1.165, 1.54) is 0 Å². The summed E-state index contributed by atoms with van der Waals surface area (Å²) in [7, 11) is 0. The van der Waals surface area contributed by atoms with Crippen molar-refractivity contribution in [2.45, 2.75) is 6.54 Å². The monoisotopic (exact) mass is 224 g/mol. The zero-order valence-corrected chi connectivity index (χ0v) is 8.98. The predicted octanol–water partition coefficient (Wildman–Crippen LogP) is -0.0163. The van der Waals surface area contributed by atoms with E-state index in [1.807, 2.05) is 6.07 Å². The summed E-state index contributed by atoms with van der Waals surface area (Å²) in [4.78, 5) is 10.3. The van der Waals surface area contributed by atoms with Crippen LogP contribution >= 0.6 is 0 Å². The molecule has 0 aromatic heterocycles. The Balaban J connectivity index is 2.09. The third-order valence-electron chi connectivity index (χ3n) is 1.91. The van der Waals surface area contributed by atoms with Crippen LogP contribution in [0.15, 0.2) is 24.3 Å². The molecule has 0 unspecified atom stereocenters. The molecule has 0 heterocycles. The molecule has 0 bridgehead atoms. The Morgan fingerprint density at radius 3 is 3.00 bits per heavy atom. The van der Waals surface area contributed by atoms with Crippen LogP contribution in [0.4, 0.5) is 0 Å². The molecule has 0 spiro atoms. The summed E-state index contributed by atoms with van der Waals surface area (Å²) in [6.07, 6.45) is 0. The lowest BCUT2D eigenvalue weighted by Gasteiger charge is -2.05. The molecule has 16 heavy (non-hydrogen) atoms. The third-order valence-corrected chi connectivity index (χ3v) is 1.91. The number of phenolic OH excluding ortho intramolecular Hbond substituents is 1. The molecule has 0 saturated heterocycles. The minimum absolute atomic E-state index is 0.0478. The Morgan fingerprint density at radius 1 is 1.50 bits per heavy atom. The van der Waals surface area contributed by atoms with Crippen LogP contribution in [0.25, 0.3) is 0 Å². The molecule has 0 fully saturated rings. The number of amides is 1. The van der Waals surface area contributed by atoms with Gasteiger partial charge in [0.25, 0.3) is 0 Å². The van der Waals surface area contributed by atoms with Crippen molar-refractivity contribution in [3.63, 3.8) is 0 Å². The molecule has 88 valence electrons. The molecule has 0 aliphatic heterocycles. The van der Waals surface area contributed by atoms with Gasteiger partial charge in [0.05, 0.1) is 6.61 Å². The average Bonchev–Trinajstić information content (AvgIpc) is 2.23. The van der Waals surface area contributed by atoms with Gasteiger partial charge in [0.1, 0.15) is 12.4 Å². The summed E-state index contributed by atoms with van der Waals surface area (Å²) >= 11 is 0. The topological polar surface area (TPSA) is 84.6 Å². The Labute approximate surface area is 94.2 Å². The first-order chi connectivity index (χ1) is 7.68. The Hall–Kier alpha value is -1.59. The number of aromatic hydroxyl groups is 1. The number of primary amides is 1. The summed E-state index contributed by atoms with van der Waals surface area (Å²) < 4.78 is 4.97. The van der Waals surface area contributed by atoms with Gasteiger partial charge in [-0.05, 0) is 17.7 Å². The van der Waals surface area contributed by atoms with Crippen LogP contribution in [0.5, 0.6) is 5.75 Å². The van der Waals surface area contributed by atoms with E-state index in [9.17, 15) is 9.90 Å². The van der Waals surface area contributed by atoms with Gasteiger partial charge in [-0.25, -0.2) is 0 Å². The number of benzene rings is 1. The Kier molecular flexibility index (Phi) is 5.31. The summed E-state index contributed by atoms with van der Waals surface area (Å²) in [5, 5.41) is 12.3. The molecule has 5 nitrogen and oxygen atoms in total. The van der Waals surface area contributed by atoms with Crippen molar-refractivity contribution in [2.75, 3.05) is 19.8 Å². The molecular formula is C11H16N2O3. The average molecular weight is 224 g/mol. The molecule has 0 aliphatic carbocycles. The van der Waals surface area contributed by atoms with Crippen molar-refractivity contribution in [1.29, 1.82) is 0 Å². The number of hydrogen-bond acceptors (Lipinski definition) is 4. The van der Waals surface area contributed by atoms with Crippen molar-refractivity contribution in [2.24, 2.45) is 5.73 Å². The molecule has 0 atom stereocenters. The van der Waals surface area contributed by atoms with E-state index in [1.54, 1.807) is 18.2 Å². The maximum absolute atomic E-state index is 10.3. The van der Waals surface area contributed by atoms with E-state index in [0.29, 0.717) is 19.7 Å². The predicted molar refractivity (Wildman–Crippen MR) is 59.8 cm³/mol. The largest absolute Gasteiger partial charge is 0.508 e. The number of nitrogens with two attached hydrogens (primary N) is 1. The van der Waals surface area contributed by atoms with E-state index in [-0.39, 0.29) is 12.4 Å². The summed E-state index contributed by atoms with van der Waals surface area (Å²) in [5.41, 5.74) is 5.90. The van der Waals surface area contributed by atoms with Gasteiger partial charge in [-0.3, -0.25) is 4.79 Å². The van der Waals surface area contributed by atoms with Crippen LogP contribution in [-0.2, 0) is 16.1 Å². The van der Waals surface area contributed by atoms with E-state index in [2.05, 4.69) is 5.32 Å². The highest BCUT2D eigenvalue weighted by molar-refractivity contribution is 5.74. The van der Waals surface area contributed by atoms with Gasteiger partial charge in [-0.15, -0.1) is 0 Å². The highest BCUT2D eigenvalue weighted by Gasteiger charge is 1.95. The molecule has 0 saturated carbocycles. The second kappa shape index (κ2) is 6.81. The SMILES string of the molecule is NC(=O)COCCNCc1cccc(O)c1. The van der Waals surface area contributed by atoms with E-state index < -0.39 is 5.91 Å². The Morgan fingerprint density at radius 2 is 2.31 bits per heavy atom. The normalized spacial score (nSPS) is 10.2. The van der Waals surface area contributed by atoms with Crippen molar-refractivity contribution < 1.29 is 14.6 Å². The van der Waals surface area contributed by atoms with Crippen LogP contribution in [0.3, 0.4) is 0 Å². The number of nitrogens with one attached hydrogen (secondary N) is 1. The minimum atomic E-state index is -0.465. The van der Waals surface area contributed by atoms with Crippen LogP contribution < -0.4 is 11.1 Å². The highest BCUT2D eigenvalue weighted by atomic mass is 16.5. The fourth-order valence-corrected chi connectivity index (χ4v) is 1.22. The van der Waals surface area contributed by atoms with Gasteiger partial charge in [0.15, 0.2) is 0 Å². The van der Waals surface area contributed by atoms with Crippen molar-refractivity contribution in [3.8, 4) is 5.75 Å². The van der Waals surface area contributed by atoms with Crippen LogP contribution in [0.2, 0.25) is 0 Å². The molecule has 5 heteroatoms. The van der Waals surface area contributed by atoms with Gasteiger partial charge in [0, 0.05) is 13.1 Å². The first-order valence-corrected chi connectivity index (χ1v) is 5.03. The fourth-order valence-electron chi connectivity index (χ4n) is 1.22. The van der Waals surface area contributed by atoms with Gasteiger partial charge in [-0.1, -0.05) is 12.1 Å². The van der Waals surface area contributed by atoms with E-state index >= 15 is 0 Å². The number of phenols is 1. The van der Waals surface area contributed by atoms with Gasteiger partial charge in [0.2, 0.25) is 5.91 Å². The molecule has 4 N–H and O–H groups in total. The van der Waals surface area contributed by atoms with Crippen LogP contribution in [0.1, 0.15) is 5.56 Å². The van der Waals surface area contributed by atoms with Crippen LogP contribution in [0, 0.1) is 0 Å². The summed E-state index contributed by atoms with van der Waals surface area (Å²) in [6.45, 7) is 1.66. The Bertz CT molecular complexity index is 342. The lowest BCUT2D eigenvalue weighted by atomic mass is 10.2. The molecule has 0 aliphatic rings. The van der Waals surface area contributed by atoms with Gasteiger partial charge < -0.3 is 20.9 Å². The summed E-state index contributed by atoms with van der Waals surface area (Å²) in [5.74, 6) is -0.211. The number of rotatable bonds is 7. The lowest BCUT2D eigenvalue weighted by Crippen LogP contribution is -2.23. The fraction of sp³-hybridized carbons (Fsp3) is 0.364. The first-order valence-electron chi connectivity index (χ1n) is 5.03. The molecule has 1 aromatic rings. The second-order valence-electron chi connectivity index (χ2n) is 3.37. The van der Waals surface area contributed by atoms with Gasteiger partial charge in [-0.2, -0.15) is 0 Å². The van der Waals surface area contributed by atoms with E-state index in [0.717, 1.165) is 5.56 Å². The standard InChI is InChI=1S/C11H16N2O3/c12-11(15)8-16-5-4-13-7-9-2-1-3-10(14)6-9/h1-3,6,13-14H,4-5,7-8H2,(H2,12,15). The second-order valence-corrected chi connectivity index (χ2v) is 3.37. The van der Waals surface area contributed by atoms with Crippen molar-refractivity contribution in [3.05, 3.63) is 29.8 Å². The smallest absolute Gasteiger partial charge is 0.243 e. The maximum atomic E-state index is 10.3. The first kappa shape index (κ1) is 12.5. The van der Waals surface area contributed by atoms with Crippen LogP contribution in [-0.4, -0.2) is 30.8 Å². The molecule has 0 radical (unpaired) electrons. The number of hydrogen-bond donors (Lipinski definition) is 3. The van der Waals surface area contributed by atoms with E-state index in [4.69, 9.17) is 10.5 Å². The highest BCUT2D eigenvalue weighted by Crippen LogP contribution is 2.10. The van der Waals surface area contributed by atoms with Crippen molar-refractivity contribution in [1.82, 2.24) is 5.32 Å².